The van der Waals surface area contributed by atoms with Gasteiger partial charge in [0.2, 0.25) is 0 Å². The van der Waals surface area contributed by atoms with E-state index in [1.165, 1.54) is 14.2 Å². The van der Waals surface area contributed by atoms with Crippen LogP contribution >= 0.6 is 0 Å². The van der Waals surface area contributed by atoms with E-state index in [4.69, 9.17) is 4.74 Å². The molecular formula is C9H14O4. The van der Waals surface area contributed by atoms with Crippen LogP contribution in [0.25, 0.3) is 0 Å². The van der Waals surface area contributed by atoms with Crippen LogP contribution in [-0.4, -0.2) is 26.0 Å². The minimum absolute atomic E-state index is 0.00694. The summed E-state index contributed by atoms with van der Waals surface area (Å²) in [6.07, 6.45) is 0.255. The lowest BCUT2D eigenvalue weighted by Gasteiger charge is -2.06. The Kier molecular flexibility index (Phi) is 4.80. The molecule has 74 valence electrons. The number of carbonyl (C=O) groups excluding carboxylic acids is 2. The number of methoxy groups -OCH3 is 2. The quantitative estimate of drug-likeness (QED) is 0.216. The van der Waals surface area contributed by atoms with E-state index in [2.05, 4.69) is 4.74 Å². The number of Topliss-reactive ketones (excluding diaryl/α,β-unsaturated/α-hetero) is 1. The Labute approximate surface area is 77.5 Å². The number of carbonyl (C=O) groups is 2. The molecule has 0 N–H and O–H groups in total. The molecule has 4 heteroatoms. The van der Waals surface area contributed by atoms with Crippen molar-refractivity contribution in [1.82, 2.24) is 0 Å². The van der Waals surface area contributed by atoms with Gasteiger partial charge in [0.25, 0.3) is 0 Å². The van der Waals surface area contributed by atoms with Crippen LogP contribution in [0.1, 0.15) is 20.3 Å². The maximum atomic E-state index is 11.3. The molecule has 0 saturated carbocycles. The van der Waals surface area contributed by atoms with Gasteiger partial charge in [0.1, 0.15) is 11.3 Å². The number of ketones is 1. The third-order valence-electron chi connectivity index (χ3n) is 1.65. The highest BCUT2D eigenvalue weighted by Gasteiger charge is 2.20. The number of esters is 1. The molecule has 0 aliphatic heterocycles. The molecular weight excluding hydrogens is 172 g/mol. The summed E-state index contributed by atoms with van der Waals surface area (Å²) < 4.78 is 9.28. The zero-order valence-electron chi connectivity index (χ0n) is 8.34. The van der Waals surface area contributed by atoms with Crippen molar-refractivity contribution in [1.29, 1.82) is 0 Å². The first-order chi connectivity index (χ1) is 6.08. The van der Waals surface area contributed by atoms with E-state index < -0.39 is 5.97 Å². The molecule has 0 bridgehead atoms. The lowest BCUT2D eigenvalue weighted by Crippen LogP contribution is -2.16. The highest BCUT2D eigenvalue weighted by molar-refractivity contribution is 6.17. The molecule has 0 aromatic rings. The zero-order valence-corrected chi connectivity index (χ0v) is 8.34. The largest absolute Gasteiger partial charge is 0.500 e. The van der Waals surface area contributed by atoms with Crippen LogP contribution in [0.15, 0.2) is 11.3 Å². The summed E-state index contributed by atoms with van der Waals surface area (Å²) in [6.45, 7) is 3.23. The predicted molar refractivity (Wildman–Crippen MR) is 47.0 cm³/mol. The van der Waals surface area contributed by atoms with Crippen molar-refractivity contribution in [2.24, 2.45) is 0 Å². The topological polar surface area (TPSA) is 52.6 Å². The fourth-order valence-corrected chi connectivity index (χ4v) is 0.835. The van der Waals surface area contributed by atoms with Gasteiger partial charge in [0.05, 0.1) is 14.2 Å². The van der Waals surface area contributed by atoms with Gasteiger partial charge in [-0.1, -0.05) is 6.92 Å². The van der Waals surface area contributed by atoms with Gasteiger partial charge in [-0.3, -0.25) is 4.79 Å². The van der Waals surface area contributed by atoms with Crippen LogP contribution in [0.2, 0.25) is 0 Å². The molecule has 0 atom stereocenters. The predicted octanol–water partition coefficient (Wildman–Crippen LogP) is 1.06. The van der Waals surface area contributed by atoms with Crippen LogP contribution in [-0.2, 0) is 19.1 Å². The van der Waals surface area contributed by atoms with Crippen molar-refractivity contribution >= 4 is 11.8 Å². The molecule has 0 aromatic heterocycles. The van der Waals surface area contributed by atoms with Gasteiger partial charge in [-0.25, -0.2) is 4.79 Å². The zero-order chi connectivity index (χ0) is 10.4. The van der Waals surface area contributed by atoms with E-state index in [1.807, 2.05) is 0 Å². The second-order valence-corrected chi connectivity index (χ2v) is 2.40. The molecule has 0 aliphatic rings. The average molecular weight is 186 g/mol. The van der Waals surface area contributed by atoms with Crippen molar-refractivity contribution in [3.8, 4) is 0 Å². The Morgan fingerprint density at radius 1 is 1.15 bits per heavy atom. The van der Waals surface area contributed by atoms with Crippen molar-refractivity contribution in [2.45, 2.75) is 20.3 Å². The van der Waals surface area contributed by atoms with E-state index in [1.54, 1.807) is 13.8 Å². The molecule has 0 aromatic carbocycles. The average Bonchev–Trinajstić information content (AvgIpc) is 2.16. The van der Waals surface area contributed by atoms with E-state index in [-0.39, 0.29) is 17.8 Å². The Balaban J connectivity index is 4.97. The van der Waals surface area contributed by atoms with E-state index >= 15 is 0 Å². The van der Waals surface area contributed by atoms with Crippen LogP contribution in [0.3, 0.4) is 0 Å². The van der Waals surface area contributed by atoms with Gasteiger partial charge < -0.3 is 9.47 Å². The maximum absolute atomic E-state index is 11.3. The van der Waals surface area contributed by atoms with Crippen LogP contribution in [0, 0.1) is 0 Å². The van der Waals surface area contributed by atoms with Crippen LogP contribution in [0.5, 0.6) is 0 Å². The third-order valence-corrected chi connectivity index (χ3v) is 1.65. The lowest BCUT2D eigenvalue weighted by atomic mass is 10.1. The van der Waals surface area contributed by atoms with Gasteiger partial charge >= 0.3 is 5.97 Å². The van der Waals surface area contributed by atoms with Gasteiger partial charge in [-0.2, -0.15) is 0 Å². The van der Waals surface area contributed by atoms with Crippen molar-refractivity contribution in [3.05, 3.63) is 11.3 Å². The molecule has 0 fully saturated rings. The first kappa shape index (κ1) is 11.7. The summed E-state index contributed by atoms with van der Waals surface area (Å²) >= 11 is 0. The highest BCUT2D eigenvalue weighted by Crippen LogP contribution is 2.09. The molecule has 0 rings (SSSR count). The Morgan fingerprint density at radius 2 is 1.69 bits per heavy atom. The molecule has 0 aliphatic carbocycles. The molecule has 0 heterocycles. The highest BCUT2D eigenvalue weighted by atomic mass is 16.5. The van der Waals surface area contributed by atoms with Crippen molar-refractivity contribution in [3.63, 3.8) is 0 Å². The molecule has 0 saturated heterocycles. The van der Waals surface area contributed by atoms with Gasteiger partial charge in [-0.15, -0.1) is 0 Å². The van der Waals surface area contributed by atoms with Crippen LogP contribution < -0.4 is 0 Å². The minimum Gasteiger partial charge on any atom is -0.500 e. The van der Waals surface area contributed by atoms with E-state index in [9.17, 15) is 9.59 Å². The summed E-state index contributed by atoms with van der Waals surface area (Å²) in [5, 5.41) is 0. The standard InChI is InChI=1S/C9H14O4/c1-5-7(10)8(6(2)12-3)9(11)13-4/h5H2,1-4H3/b8-6-. The number of ether oxygens (including phenoxy) is 2. The summed E-state index contributed by atoms with van der Waals surface area (Å²) in [7, 11) is 2.63. The fraction of sp³-hybridized carbons (Fsp3) is 0.556. The molecule has 0 spiro atoms. The second-order valence-electron chi connectivity index (χ2n) is 2.40. The molecule has 0 amide bonds. The maximum Gasteiger partial charge on any atom is 0.344 e. The van der Waals surface area contributed by atoms with Gasteiger partial charge in [-0.05, 0) is 6.92 Å². The first-order valence-corrected chi connectivity index (χ1v) is 3.94. The number of hydrogen-bond acceptors (Lipinski definition) is 4. The third kappa shape index (κ3) is 2.89. The second kappa shape index (κ2) is 5.35. The number of allylic oxidation sites excluding steroid dienone is 1. The van der Waals surface area contributed by atoms with Crippen molar-refractivity contribution < 1.29 is 19.1 Å². The summed E-state index contributed by atoms with van der Waals surface area (Å²) in [6, 6.07) is 0. The smallest absolute Gasteiger partial charge is 0.344 e. The summed E-state index contributed by atoms with van der Waals surface area (Å²) in [5.74, 6) is -0.629. The molecule has 0 unspecified atom stereocenters. The number of hydrogen-bond donors (Lipinski definition) is 0. The Morgan fingerprint density at radius 3 is 2.00 bits per heavy atom. The van der Waals surface area contributed by atoms with Crippen molar-refractivity contribution in [2.75, 3.05) is 14.2 Å². The first-order valence-electron chi connectivity index (χ1n) is 3.94. The van der Waals surface area contributed by atoms with E-state index in [0.29, 0.717) is 5.76 Å². The monoisotopic (exact) mass is 186 g/mol. The normalized spacial score (nSPS) is 11.7. The summed E-state index contributed by atoms with van der Waals surface area (Å²) in [5.41, 5.74) is -0.00694. The van der Waals surface area contributed by atoms with E-state index in [0.717, 1.165) is 0 Å². The van der Waals surface area contributed by atoms with Gasteiger partial charge in [0.15, 0.2) is 5.78 Å². The van der Waals surface area contributed by atoms with Gasteiger partial charge in [0, 0.05) is 6.42 Å². The Hall–Kier alpha value is -1.32. The van der Waals surface area contributed by atoms with Crippen LogP contribution in [0.4, 0.5) is 0 Å². The molecule has 0 radical (unpaired) electrons. The SMILES string of the molecule is CCC(=O)/C(C(=O)OC)=C(\C)OC. The fourth-order valence-electron chi connectivity index (χ4n) is 0.835. The lowest BCUT2D eigenvalue weighted by molar-refractivity contribution is -0.138. The molecule has 13 heavy (non-hydrogen) atoms. The molecule has 4 nitrogen and oxygen atoms in total. The summed E-state index contributed by atoms with van der Waals surface area (Å²) in [4.78, 5) is 22.4. The Bertz CT molecular complexity index is 222. The minimum atomic E-state index is -0.647. The number of rotatable bonds is 4.